The van der Waals surface area contributed by atoms with E-state index in [-0.39, 0.29) is 0 Å². The second-order valence-electron chi connectivity index (χ2n) is 2.10. The zero-order valence-corrected chi connectivity index (χ0v) is 8.10. The summed E-state index contributed by atoms with van der Waals surface area (Å²) in [5.41, 5.74) is 0. The molecular formula is C8H16Se. The van der Waals surface area contributed by atoms with E-state index in [1.807, 2.05) is 0 Å². The quantitative estimate of drug-likeness (QED) is 0.463. The molecular weight excluding hydrogens is 175 g/mol. The van der Waals surface area contributed by atoms with Gasteiger partial charge < -0.3 is 0 Å². The number of hydrogen-bond donors (Lipinski definition) is 0. The molecule has 0 nitrogen and oxygen atoms in total. The summed E-state index contributed by atoms with van der Waals surface area (Å²) in [7, 11) is 0. The summed E-state index contributed by atoms with van der Waals surface area (Å²) >= 11 is 0.742. The van der Waals surface area contributed by atoms with E-state index in [1.54, 1.807) is 0 Å². The molecule has 0 radical (unpaired) electrons. The van der Waals surface area contributed by atoms with E-state index in [9.17, 15) is 0 Å². The Balaban J connectivity index is 2.82. The van der Waals surface area contributed by atoms with Gasteiger partial charge in [0.05, 0.1) is 0 Å². The van der Waals surface area contributed by atoms with Crippen LogP contribution in [0.15, 0.2) is 11.1 Å². The van der Waals surface area contributed by atoms with Crippen molar-refractivity contribution in [2.45, 2.75) is 38.4 Å². The number of hydrogen-bond acceptors (Lipinski definition) is 0. The van der Waals surface area contributed by atoms with Crippen LogP contribution in [-0.2, 0) is 0 Å². The normalized spacial score (nSPS) is 10.9. The van der Waals surface area contributed by atoms with E-state index < -0.39 is 0 Å². The molecule has 0 atom stereocenters. The Kier molecular flexibility index (Phi) is 8.50. The number of unbranched alkanes of at least 4 members (excludes halogenated alkanes) is 3. The first-order chi connectivity index (χ1) is 4.41. The molecule has 0 N–H and O–H groups in total. The molecule has 0 amide bonds. The van der Waals surface area contributed by atoms with E-state index in [0.717, 1.165) is 15.0 Å². The molecule has 0 aliphatic rings. The van der Waals surface area contributed by atoms with Gasteiger partial charge in [-0.05, 0) is 0 Å². The Morgan fingerprint density at radius 2 is 2.11 bits per heavy atom. The maximum atomic E-state index is 2.32. The van der Waals surface area contributed by atoms with Crippen LogP contribution in [0.1, 0.15) is 32.6 Å². The van der Waals surface area contributed by atoms with Crippen molar-refractivity contribution in [2.75, 3.05) is 0 Å². The molecule has 0 aliphatic heterocycles. The van der Waals surface area contributed by atoms with E-state index in [0.29, 0.717) is 0 Å². The van der Waals surface area contributed by atoms with Crippen LogP contribution in [0.25, 0.3) is 0 Å². The van der Waals surface area contributed by atoms with Crippen molar-refractivity contribution < 1.29 is 0 Å². The third-order valence-corrected chi connectivity index (χ3v) is 2.18. The van der Waals surface area contributed by atoms with Crippen LogP contribution in [0, 0.1) is 0 Å². The average Bonchev–Trinajstić information content (AvgIpc) is 1.89. The Morgan fingerprint density at radius 3 is 2.67 bits per heavy atom. The van der Waals surface area contributed by atoms with Gasteiger partial charge in [0.2, 0.25) is 0 Å². The first kappa shape index (κ1) is 9.26. The van der Waals surface area contributed by atoms with Gasteiger partial charge in [0, 0.05) is 0 Å². The Labute approximate surface area is 64.9 Å². The van der Waals surface area contributed by atoms with Crippen molar-refractivity contribution in [1.29, 1.82) is 0 Å². The number of rotatable bonds is 5. The van der Waals surface area contributed by atoms with Gasteiger partial charge in [-0.15, -0.1) is 0 Å². The summed E-state index contributed by atoms with van der Waals surface area (Å²) < 4.78 is 0. The molecule has 0 fully saturated rings. The molecule has 0 heterocycles. The van der Waals surface area contributed by atoms with Crippen molar-refractivity contribution in [3.05, 3.63) is 11.1 Å². The number of allylic oxidation sites excluding steroid dienone is 1. The molecule has 0 aromatic carbocycles. The van der Waals surface area contributed by atoms with Crippen LogP contribution in [0.2, 0.25) is 5.82 Å². The molecule has 0 unspecified atom stereocenters. The summed E-state index contributed by atoms with van der Waals surface area (Å²) in [6, 6.07) is 0. The Hall–Kier alpha value is 0.259. The van der Waals surface area contributed by atoms with Gasteiger partial charge in [-0.2, -0.15) is 0 Å². The molecule has 0 aliphatic carbocycles. The minimum absolute atomic E-state index is 0.742. The first-order valence-electron chi connectivity index (χ1n) is 3.59. The van der Waals surface area contributed by atoms with Crippen LogP contribution < -0.4 is 0 Å². The second-order valence-corrected chi connectivity index (χ2v) is 3.66. The van der Waals surface area contributed by atoms with Gasteiger partial charge in [0.15, 0.2) is 0 Å². The summed E-state index contributed by atoms with van der Waals surface area (Å²) in [6.45, 7) is 2.24. The fourth-order valence-corrected chi connectivity index (χ4v) is 1.37. The summed E-state index contributed by atoms with van der Waals surface area (Å²) in [4.78, 5) is 2.31. The Bertz CT molecular complexity index is 67.0. The SMILES string of the molecule is CCCCC/C=C\[Se]C. The van der Waals surface area contributed by atoms with Crippen LogP contribution >= 0.6 is 0 Å². The Morgan fingerprint density at radius 1 is 1.33 bits per heavy atom. The fourth-order valence-electron chi connectivity index (χ4n) is 0.676. The topological polar surface area (TPSA) is 0 Å². The maximum absolute atomic E-state index is 2.32. The molecule has 0 spiro atoms. The molecule has 0 bridgehead atoms. The van der Waals surface area contributed by atoms with Crippen molar-refractivity contribution in [3.63, 3.8) is 0 Å². The molecule has 0 saturated heterocycles. The van der Waals surface area contributed by atoms with Crippen LogP contribution in [0.3, 0.4) is 0 Å². The molecule has 0 aromatic heterocycles. The van der Waals surface area contributed by atoms with E-state index in [1.165, 1.54) is 25.7 Å². The molecule has 0 aromatic rings. The molecule has 9 heavy (non-hydrogen) atoms. The van der Waals surface area contributed by atoms with E-state index in [2.05, 4.69) is 23.8 Å². The third-order valence-electron chi connectivity index (χ3n) is 1.21. The zero-order valence-electron chi connectivity index (χ0n) is 6.39. The fraction of sp³-hybridized carbons (Fsp3) is 0.750. The molecule has 0 rings (SSSR count). The van der Waals surface area contributed by atoms with Crippen molar-refractivity contribution in [1.82, 2.24) is 0 Å². The predicted molar refractivity (Wildman–Crippen MR) is 44.9 cm³/mol. The zero-order chi connectivity index (χ0) is 6.95. The minimum atomic E-state index is 0.742. The van der Waals surface area contributed by atoms with Gasteiger partial charge in [0.25, 0.3) is 0 Å². The van der Waals surface area contributed by atoms with Crippen LogP contribution in [0.5, 0.6) is 0 Å². The molecule has 54 valence electrons. The van der Waals surface area contributed by atoms with Crippen molar-refractivity contribution in [2.24, 2.45) is 0 Å². The monoisotopic (exact) mass is 192 g/mol. The van der Waals surface area contributed by atoms with Crippen molar-refractivity contribution in [3.8, 4) is 0 Å². The standard InChI is InChI=1S/C8H16Se/c1-3-4-5-6-7-8-9-2/h7-8H,3-6H2,1-2H3/b8-7-. The first-order valence-corrected chi connectivity index (χ1v) is 6.29. The van der Waals surface area contributed by atoms with Gasteiger partial charge in [-0.1, -0.05) is 0 Å². The summed E-state index contributed by atoms with van der Waals surface area (Å²) in [6.07, 6.45) is 7.72. The summed E-state index contributed by atoms with van der Waals surface area (Å²) in [5.74, 6) is 2.24. The average molecular weight is 191 g/mol. The van der Waals surface area contributed by atoms with Gasteiger partial charge >= 0.3 is 64.4 Å². The van der Waals surface area contributed by atoms with Crippen LogP contribution in [0.4, 0.5) is 0 Å². The second kappa shape index (κ2) is 8.26. The van der Waals surface area contributed by atoms with E-state index in [4.69, 9.17) is 0 Å². The van der Waals surface area contributed by atoms with Crippen LogP contribution in [-0.4, -0.2) is 15.0 Å². The van der Waals surface area contributed by atoms with Crippen molar-refractivity contribution >= 4 is 15.0 Å². The summed E-state index contributed by atoms with van der Waals surface area (Å²) in [5, 5.41) is 0. The molecule has 0 saturated carbocycles. The third kappa shape index (κ3) is 8.26. The van der Waals surface area contributed by atoms with Gasteiger partial charge in [-0.3, -0.25) is 0 Å². The van der Waals surface area contributed by atoms with Gasteiger partial charge in [-0.25, -0.2) is 0 Å². The predicted octanol–water partition coefficient (Wildman–Crippen LogP) is 2.83. The van der Waals surface area contributed by atoms with E-state index >= 15 is 0 Å². The molecule has 1 heteroatoms. The van der Waals surface area contributed by atoms with Gasteiger partial charge in [0.1, 0.15) is 0 Å².